The van der Waals surface area contributed by atoms with Gasteiger partial charge >= 0.3 is 0 Å². The van der Waals surface area contributed by atoms with Gasteiger partial charge in [-0.15, -0.1) is 0 Å². The zero-order valence-corrected chi connectivity index (χ0v) is 11.6. The highest BCUT2D eigenvalue weighted by Gasteiger charge is 2.26. The van der Waals surface area contributed by atoms with E-state index >= 15 is 0 Å². The fraction of sp³-hybridized carbons (Fsp3) is 0.500. The largest absolute Gasteiger partial charge is 0.497 e. The van der Waals surface area contributed by atoms with Crippen molar-refractivity contribution in [1.29, 1.82) is 0 Å². The Balaban J connectivity index is 2.35. The van der Waals surface area contributed by atoms with E-state index in [-0.39, 0.29) is 11.9 Å². The zero-order chi connectivity index (χ0) is 13.8. The third-order valence-electron chi connectivity index (χ3n) is 3.41. The Labute approximate surface area is 113 Å². The van der Waals surface area contributed by atoms with Crippen molar-refractivity contribution >= 4 is 5.91 Å². The highest BCUT2D eigenvalue weighted by atomic mass is 16.5. The number of carbonyl (C=O) groups is 1. The standard InChI is InChI=1S/C14H20N2O3/c1-10(17)16-5-4-15-9-14(16)11-6-12(18-2)8-13(7-11)19-3/h6-8,14-15H,4-5,9H2,1-3H3. The summed E-state index contributed by atoms with van der Waals surface area (Å²) >= 11 is 0. The summed E-state index contributed by atoms with van der Waals surface area (Å²) < 4.78 is 10.6. The van der Waals surface area contributed by atoms with Crippen LogP contribution in [0.15, 0.2) is 18.2 Å². The minimum Gasteiger partial charge on any atom is -0.497 e. The summed E-state index contributed by atoms with van der Waals surface area (Å²) in [5.41, 5.74) is 1.03. The van der Waals surface area contributed by atoms with Gasteiger partial charge in [-0.05, 0) is 17.7 Å². The van der Waals surface area contributed by atoms with Crippen molar-refractivity contribution in [2.24, 2.45) is 0 Å². The lowest BCUT2D eigenvalue weighted by Crippen LogP contribution is -2.47. The number of ether oxygens (including phenoxy) is 2. The Kier molecular flexibility index (Phi) is 4.27. The number of benzene rings is 1. The van der Waals surface area contributed by atoms with E-state index in [2.05, 4.69) is 5.32 Å². The highest BCUT2D eigenvalue weighted by molar-refractivity contribution is 5.74. The van der Waals surface area contributed by atoms with Crippen molar-refractivity contribution in [3.63, 3.8) is 0 Å². The molecule has 0 aliphatic carbocycles. The predicted molar refractivity (Wildman–Crippen MR) is 72.5 cm³/mol. The first kappa shape index (κ1) is 13.7. The Morgan fingerprint density at radius 1 is 1.26 bits per heavy atom. The molecule has 1 aromatic carbocycles. The summed E-state index contributed by atoms with van der Waals surface area (Å²) in [5, 5.41) is 3.32. The molecule has 1 saturated heterocycles. The van der Waals surface area contributed by atoms with Crippen LogP contribution in [0.1, 0.15) is 18.5 Å². The van der Waals surface area contributed by atoms with E-state index in [0.29, 0.717) is 0 Å². The maximum absolute atomic E-state index is 11.7. The molecule has 1 heterocycles. The average Bonchev–Trinajstić information content (AvgIpc) is 2.46. The number of nitrogens with zero attached hydrogens (tertiary/aromatic N) is 1. The van der Waals surface area contributed by atoms with Gasteiger partial charge in [0.1, 0.15) is 11.5 Å². The number of rotatable bonds is 3. The summed E-state index contributed by atoms with van der Waals surface area (Å²) in [6.45, 7) is 3.91. The molecule has 0 saturated carbocycles. The zero-order valence-electron chi connectivity index (χ0n) is 11.6. The second kappa shape index (κ2) is 5.93. The Hall–Kier alpha value is -1.75. The number of piperazine rings is 1. The van der Waals surface area contributed by atoms with Gasteiger partial charge < -0.3 is 19.7 Å². The van der Waals surface area contributed by atoms with E-state index in [1.165, 1.54) is 0 Å². The van der Waals surface area contributed by atoms with Crippen LogP contribution in [0.25, 0.3) is 0 Å². The molecular formula is C14H20N2O3. The predicted octanol–water partition coefficient (Wildman–Crippen LogP) is 1.20. The number of carbonyl (C=O) groups excluding carboxylic acids is 1. The molecule has 0 bridgehead atoms. The summed E-state index contributed by atoms with van der Waals surface area (Å²) in [5.74, 6) is 1.57. The summed E-state index contributed by atoms with van der Waals surface area (Å²) in [7, 11) is 3.25. The van der Waals surface area contributed by atoms with E-state index in [4.69, 9.17) is 9.47 Å². The first-order valence-electron chi connectivity index (χ1n) is 6.36. The molecule has 5 nitrogen and oxygen atoms in total. The van der Waals surface area contributed by atoms with Gasteiger partial charge in [0.15, 0.2) is 0 Å². The van der Waals surface area contributed by atoms with Gasteiger partial charge in [-0.3, -0.25) is 4.79 Å². The molecule has 1 unspecified atom stereocenters. The van der Waals surface area contributed by atoms with Gasteiger partial charge in [0.2, 0.25) is 5.91 Å². The van der Waals surface area contributed by atoms with Crippen molar-refractivity contribution in [2.75, 3.05) is 33.9 Å². The molecule has 0 aromatic heterocycles. The van der Waals surface area contributed by atoms with Crippen molar-refractivity contribution in [2.45, 2.75) is 13.0 Å². The van der Waals surface area contributed by atoms with Crippen LogP contribution >= 0.6 is 0 Å². The second-order valence-electron chi connectivity index (χ2n) is 4.58. The number of hydrogen-bond donors (Lipinski definition) is 1. The quantitative estimate of drug-likeness (QED) is 0.891. The average molecular weight is 264 g/mol. The van der Waals surface area contributed by atoms with Gasteiger partial charge in [0.05, 0.1) is 20.3 Å². The van der Waals surface area contributed by atoms with Gasteiger partial charge in [-0.2, -0.15) is 0 Å². The molecule has 104 valence electrons. The number of hydrogen-bond acceptors (Lipinski definition) is 4. The van der Waals surface area contributed by atoms with E-state index in [9.17, 15) is 4.79 Å². The van der Waals surface area contributed by atoms with Crippen LogP contribution in [0.5, 0.6) is 11.5 Å². The maximum Gasteiger partial charge on any atom is 0.220 e. The molecule has 1 aromatic rings. The SMILES string of the molecule is COc1cc(OC)cc(C2CNCCN2C(C)=O)c1. The molecule has 1 aliphatic rings. The van der Waals surface area contributed by atoms with Crippen molar-refractivity contribution < 1.29 is 14.3 Å². The lowest BCUT2D eigenvalue weighted by Gasteiger charge is -2.36. The molecule has 0 radical (unpaired) electrons. The third-order valence-corrected chi connectivity index (χ3v) is 3.41. The number of amides is 1. The van der Waals surface area contributed by atoms with Crippen LogP contribution in [0.2, 0.25) is 0 Å². The van der Waals surface area contributed by atoms with Crippen molar-refractivity contribution in [1.82, 2.24) is 10.2 Å². The molecular weight excluding hydrogens is 244 g/mol. The lowest BCUT2D eigenvalue weighted by molar-refractivity contribution is -0.132. The fourth-order valence-corrected chi connectivity index (χ4v) is 2.40. The molecule has 1 aliphatic heterocycles. The van der Waals surface area contributed by atoms with Gasteiger partial charge in [0, 0.05) is 32.6 Å². The molecule has 19 heavy (non-hydrogen) atoms. The molecule has 5 heteroatoms. The first-order chi connectivity index (χ1) is 9.15. The van der Waals surface area contributed by atoms with E-state index < -0.39 is 0 Å². The highest BCUT2D eigenvalue weighted by Crippen LogP contribution is 2.30. The topological polar surface area (TPSA) is 50.8 Å². The Morgan fingerprint density at radius 3 is 2.42 bits per heavy atom. The van der Waals surface area contributed by atoms with E-state index in [1.807, 2.05) is 23.1 Å². The summed E-state index contributed by atoms with van der Waals surface area (Å²) in [6.07, 6.45) is 0. The monoisotopic (exact) mass is 264 g/mol. The molecule has 1 atom stereocenters. The molecule has 1 fully saturated rings. The van der Waals surface area contributed by atoms with E-state index in [0.717, 1.165) is 36.7 Å². The van der Waals surface area contributed by atoms with Crippen LogP contribution < -0.4 is 14.8 Å². The van der Waals surface area contributed by atoms with Crippen molar-refractivity contribution in [3.05, 3.63) is 23.8 Å². The van der Waals surface area contributed by atoms with Crippen LogP contribution in [0.4, 0.5) is 0 Å². The smallest absolute Gasteiger partial charge is 0.220 e. The van der Waals surface area contributed by atoms with E-state index in [1.54, 1.807) is 21.1 Å². The number of methoxy groups -OCH3 is 2. The summed E-state index contributed by atoms with van der Waals surface area (Å²) in [4.78, 5) is 13.6. The maximum atomic E-state index is 11.7. The first-order valence-corrected chi connectivity index (χ1v) is 6.36. The third kappa shape index (κ3) is 2.98. The number of nitrogens with one attached hydrogen (secondary N) is 1. The van der Waals surface area contributed by atoms with Crippen LogP contribution in [0.3, 0.4) is 0 Å². The normalized spacial score (nSPS) is 19.1. The van der Waals surface area contributed by atoms with Gasteiger partial charge in [-0.25, -0.2) is 0 Å². The molecule has 1 N–H and O–H groups in total. The van der Waals surface area contributed by atoms with Gasteiger partial charge in [-0.1, -0.05) is 0 Å². The lowest BCUT2D eigenvalue weighted by atomic mass is 10.0. The molecule has 0 spiro atoms. The molecule has 2 rings (SSSR count). The second-order valence-corrected chi connectivity index (χ2v) is 4.58. The van der Waals surface area contributed by atoms with Crippen molar-refractivity contribution in [3.8, 4) is 11.5 Å². The van der Waals surface area contributed by atoms with Crippen LogP contribution in [0, 0.1) is 0 Å². The van der Waals surface area contributed by atoms with Gasteiger partial charge in [0.25, 0.3) is 0 Å². The van der Waals surface area contributed by atoms with Crippen LogP contribution in [-0.2, 0) is 4.79 Å². The Bertz CT molecular complexity index is 440. The fourth-order valence-electron chi connectivity index (χ4n) is 2.40. The minimum absolute atomic E-state index is 0.0234. The minimum atomic E-state index is 0.0234. The Morgan fingerprint density at radius 2 is 1.89 bits per heavy atom. The molecule has 1 amide bonds. The summed E-state index contributed by atoms with van der Waals surface area (Å²) in [6, 6.07) is 5.76. The van der Waals surface area contributed by atoms with Crippen LogP contribution in [-0.4, -0.2) is 44.7 Å².